The van der Waals surface area contributed by atoms with Gasteiger partial charge in [0.05, 0.1) is 55.8 Å². The van der Waals surface area contributed by atoms with Crippen molar-refractivity contribution >= 4 is 22.7 Å². The average molecular weight is 760 g/mol. The number of hydrogen-bond donors (Lipinski definition) is 0. The maximum Gasteiger partial charge on any atom is 0.0998 e. The van der Waals surface area contributed by atoms with Gasteiger partial charge >= 0.3 is 0 Å². The van der Waals surface area contributed by atoms with Crippen molar-refractivity contribution < 1.29 is 0 Å². The Hall–Kier alpha value is -8.33. The van der Waals surface area contributed by atoms with Crippen LogP contribution in [0, 0.1) is 32.2 Å². The van der Waals surface area contributed by atoms with Gasteiger partial charge < -0.3 is 0 Å². The van der Waals surface area contributed by atoms with E-state index in [1.807, 2.05) is 36.4 Å². The average Bonchev–Trinajstić information content (AvgIpc) is 4.08. The summed E-state index contributed by atoms with van der Waals surface area (Å²) in [5.41, 5.74) is 16.1. The summed E-state index contributed by atoms with van der Waals surface area (Å²) in [6, 6.07) is 63.7. The van der Waals surface area contributed by atoms with Crippen LogP contribution < -0.4 is 21.4 Å². The summed E-state index contributed by atoms with van der Waals surface area (Å²) in [7, 11) is 0. The summed E-state index contributed by atoms with van der Waals surface area (Å²) in [6.45, 7) is 0. The fourth-order valence-corrected chi connectivity index (χ4v) is 9.86. The first-order valence-corrected chi connectivity index (χ1v) is 20.1. The van der Waals surface area contributed by atoms with E-state index in [2.05, 4.69) is 146 Å². The number of nitriles is 1. The molecule has 4 aliphatic rings. The van der Waals surface area contributed by atoms with Gasteiger partial charge in [0.15, 0.2) is 0 Å². The van der Waals surface area contributed by atoms with Gasteiger partial charge in [-0.2, -0.15) is 5.26 Å². The molecule has 0 spiro atoms. The van der Waals surface area contributed by atoms with E-state index in [1.165, 1.54) is 0 Å². The minimum atomic E-state index is 0.571. The highest BCUT2D eigenvalue weighted by molar-refractivity contribution is 6.12. The number of nitrogens with zero attached hydrogens (tertiary/aromatic N) is 5. The molecule has 13 rings (SSSR count). The maximum atomic E-state index is 11.3. The summed E-state index contributed by atoms with van der Waals surface area (Å²) in [5.74, 6) is 0. The zero-order chi connectivity index (χ0) is 39.5. The highest BCUT2D eigenvalue weighted by Crippen LogP contribution is 2.56. The van der Waals surface area contributed by atoms with Crippen LogP contribution in [-0.4, -0.2) is 0 Å². The second-order valence-electron chi connectivity index (χ2n) is 15.5. The molecule has 0 bridgehead atoms. The van der Waals surface area contributed by atoms with Gasteiger partial charge in [0.25, 0.3) is 0 Å². The van der Waals surface area contributed by atoms with Gasteiger partial charge in [-0.15, -0.1) is 0 Å². The van der Waals surface area contributed by atoms with Gasteiger partial charge in [-0.3, -0.25) is 0 Å². The predicted octanol–water partition coefficient (Wildman–Crippen LogP) is 11.2. The van der Waals surface area contributed by atoms with E-state index in [-0.39, 0.29) is 0 Å². The van der Waals surface area contributed by atoms with Crippen molar-refractivity contribution in [3.05, 3.63) is 224 Å². The molecular formula is C55H29N5. The number of para-hydroxylation sites is 2. The quantitative estimate of drug-likeness (QED) is 0.176. The van der Waals surface area contributed by atoms with Gasteiger partial charge in [0, 0.05) is 59.8 Å². The third-order valence-electron chi connectivity index (χ3n) is 12.4. The molecule has 274 valence electrons. The van der Waals surface area contributed by atoms with Crippen LogP contribution in [0.5, 0.6) is 0 Å². The summed E-state index contributed by atoms with van der Waals surface area (Å²) >= 11 is 0. The third kappa shape index (κ3) is 4.50. The number of fused-ring (bicyclic) bond motifs is 12. The Labute approximate surface area is 343 Å². The molecule has 0 N–H and O–H groups in total. The molecule has 0 amide bonds. The molecule has 60 heavy (non-hydrogen) atoms. The second kappa shape index (κ2) is 12.3. The smallest absolute Gasteiger partial charge is 0.0998 e. The Bertz CT molecular complexity index is 3950. The highest BCUT2D eigenvalue weighted by atomic mass is 14.8. The summed E-state index contributed by atoms with van der Waals surface area (Å²) in [6.07, 6.45) is 0. The van der Waals surface area contributed by atoms with Crippen molar-refractivity contribution in [2.75, 3.05) is 0 Å². The normalized spacial score (nSPS) is 12.5. The van der Waals surface area contributed by atoms with Gasteiger partial charge in [0.1, 0.15) is 0 Å². The summed E-state index contributed by atoms with van der Waals surface area (Å²) in [4.78, 5) is 21.1. The van der Waals surface area contributed by atoms with E-state index in [1.54, 1.807) is 0 Å². The topological polar surface area (TPSA) is 73.2 Å². The van der Waals surface area contributed by atoms with Gasteiger partial charge in [-0.25, -0.2) is 20.0 Å². The minimum Gasteiger partial charge on any atom is -0.248 e. The summed E-state index contributed by atoms with van der Waals surface area (Å²) in [5, 5.41) is 19.3. The number of benzene rings is 9. The van der Waals surface area contributed by atoms with E-state index < -0.39 is 0 Å². The molecule has 0 fully saturated rings. The molecule has 9 aromatic rings. The lowest BCUT2D eigenvalue weighted by Crippen LogP contribution is -2.03. The van der Waals surface area contributed by atoms with E-state index in [9.17, 15) is 5.26 Å². The van der Waals surface area contributed by atoms with Crippen LogP contribution in [0.25, 0.3) is 66.8 Å². The molecule has 0 aliphatic carbocycles. The largest absolute Gasteiger partial charge is 0.248 e. The van der Waals surface area contributed by atoms with Gasteiger partial charge in [-0.05, 0) is 82.4 Å². The molecule has 0 saturated heterocycles. The second-order valence-corrected chi connectivity index (χ2v) is 15.5. The lowest BCUT2D eigenvalue weighted by Gasteiger charge is -2.23. The third-order valence-corrected chi connectivity index (χ3v) is 12.4. The molecule has 4 heterocycles. The number of hydrogen-bond acceptors (Lipinski definition) is 5. The van der Waals surface area contributed by atoms with E-state index >= 15 is 0 Å². The molecule has 5 heteroatoms. The first-order valence-electron chi connectivity index (χ1n) is 20.1. The fourth-order valence-electron chi connectivity index (χ4n) is 9.86. The van der Waals surface area contributed by atoms with Crippen molar-refractivity contribution in [1.82, 2.24) is 0 Å². The van der Waals surface area contributed by atoms with Gasteiger partial charge in [0.2, 0.25) is 0 Å². The Morgan fingerprint density at radius 2 is 0.800 bits per heavy atom. The monoisotopic (exact) mass is 759 g/mol. The van der Waals surface area contributed by atoms with E-state index in [0.717, 1.165) is 132 Å². The zero-order valence-electron chi connectivity index (χ0n) is 32.0. The Morgan fingerprint density at radius 1 is 0.300 bits per heavy atom. The molecular weight excluding hydrogens is 731 g/mol. The highest BCUT2D eigenvalue weighted by Gasteiger charge is 2.32. The Kier molecular flexibility index (Phi) is 6.73. The van der Waals surface area contributed by atoms with Crippen LogP contribution in [0.3, 0.4) is 0 Å². The van der Waals surface area contributed by atoms with Crippen molar-refractivity contribution in [1.29, 1.82) is 5.26 Å². The van der Waals surface area contributed by atoms with Crippen molar-refractivity contribution in [3.63, 3.8) is 0 Å². The van der Waals surface area contributed by atoms with Crippen LogP contribution in [0.1, 0.15) is 5.56 Å². The molecule has 0 atom stereocenters. The Morgan fingerprint density at radius 3 is 1.35 bits per heavy atom. The molecule has 0 aromatic heterocycles. The van der Waals surface area contributed by atoms with Crippen molar-refractivity contribution in [3.8, 4) is 72.8 Å². The predicted molar refractivity (Wildman–Crippen MR) is 235 cm³/mol. The zero-order valence-corrected chi connectivity index (χ0v) is 32.0. The van der Waals surface area contributed by atoms with Crippen LogP contribution >= 0.6 is 0 Å². The van der Waals surface area contributed by atoms with Crippen LogP contribution in [0.2, 0.25) is 0 Å². The molecule has 5 nitrogen and oxygen atoms in total. The lowest BCUT2D eigenvalue weighted by molar-refractivity contribution is 1.36. The van der Waals surface area contributed by atoms with E-state index in [0.29, 0.717) is 5.56 Å². The van der Waals surface area contributed by atoms with Gasteiger partial charge in [-0.1, -0.05) is 121 Å². The SMILES string of the molecule is N#Cc1cccc(-c2c(-c3ccccc3)ccc3c2-c2c4c(ccc2=N3)=c2ccccc2=N4)c1-c1c(-c2ccccc2)ccc2c1-c1c3c(ccc1=N2)=c1ccccc1=N3. The van der Waals surface area contributed by atoms with E-state index in [4.69, 9.17) is 20.0 Å². The van der Waals surface area contributed by atoms with Crippen LogP contribution in [0.15, 0.2) is 196 Å². The molecule has 4 aliphatic heterocycles. The summed E-state index contributed by atoms with van der Waals surface area (Å²) < 4.78 is 0. The first kappa shape index (κ1) is 32.7. The van der Waals surface area contributed by atoms with Crippen LogP contribution in [0.4, 0.5) is 22.7 Å². The standard InChI is InChI=1S/C55H29N5/c56-30-33-16-11-19-40(48-34(31-12-3-1-4-13-31)22-26-43-50(48)52-45(57-43)28-24-38-36-17-7-9-20-41(36)59-54(38)52)47(33)49-35(32-14-5-2-6-15-32)23-27-44-51(49)53-46(58-44)29-25-39-37-18-8-10-21-42(37)60-55(39)53/h1-29H. The van der Waals surface area contributed by atoms with Crippen molar-refractivity contribution in [2.45, 2.75) is 0 Å². The fraction of sp³-hybridized carbons (Fsp3) is 0. The molecule has 0 radical (unpaired) electrons. The minimum absolute atomic E-state index is 0.571. The Balaban J connectivity index is 1.20. The lowest BCUT2D eigenvalue weighted by atomic mass is 9.78. The molecule has 9 aromatic carbocycles. The van der Waals surface area contributed by atoms with Crippen LogP contribution in [-0.2, 0) is 0 Å². The number of rotatable bonds is 4. The maximum absolute atomic E-state index is 11.3. The first-order chi connectivity index (χ1) is 29.7. The van der Waals surface area contributed by atoms with Crippen molar-refractivity contribution in [2.24, 2.45) is 20.0 Å². The molecule has 0 saturated carbocycles. The molecule has 0 unspecified atom stereocenters.